The number of hydrogen-bond donors (Lipinski definition) is 1. The summed E-state index contributed by atoms with van der Waals surface area (Å²) in [5, 5.41) is 3.49. The summed E-state index contributed by atoms with van der Waals surface area (Å²) in [6, 6.07) is 0.717. The summed E-state index contributed by atoms with van der Waals surface area (Å²) in [7, 11) is 0. The molecule has 1 saturated heterocycles. The molecule has 2 rings (SSSR count). The highest BCUT2D eigenvalue weighted by atomic mass is 15.2. The number of rotatable bonds is 5. The van der Waals surface area contributed by atoms with Crippen LogP contribution in [0.25, 0.3) is 0 Å². The van der Waals surface area contributed by atoms with E-state index < -0.39 is 0 Å². The van der Waals surface area contributed by atoms with Crippen molar-refractivity contribution in [3.63, 3.8) is 0 Å². The van der Waals surface area contributed by atoms with E-state index in [0.29, 0.717) is 0 Å². The molecule has 1 aliphatic heterocycles. The molecule has 16 heavy (non-hydrogen) atoms. The molecule has 0 spiro atoms. The van der Waals surface area contributed by atoms with Gasteiger partial charge in [0.15, 0.2) is 0 Å². The van der Waals surface area contributed by atoms with Gasteiger partial charge in [0.1, 0.15) is 6.33 Å². The molecule has 1 aromatic rings. The van der Waals surface area contributed by atoms with Gasteiger partial charge in [-0.05, 0) is 25.9 Å². The summed E-state index contributed by atoms with van der Waals surface area (Å²) >= 11 is 0. The van der Waals surface area contributed by atoms with Gasteiger partial charge in [-0.25, -0.2) is 9.97 Å². The zero-order valence-corrected chi connectivity index (χ0v) is 9.89. The Morgan fingerprint density at radius 2 is 2.25 bits per heavy atom. The van der Waals surface area contributed by atoms with Gasteiger partial charge in [0.25, 0.3) is 0 Å². The first kappa shape index (κ1) is 11.5. The van der Waals surface area contributed by atoms with Crippen molar-refractivity contribution in [2.75, 3.05) is 19.6 Å². The van der Waals surface area contributed by atoms with Crippen LogP contribution in [0.15, 0.2) is 18.7 Å². The lowest BCUT2D eigenvalue weighted by atomic mass is 10.2. The quantitative estimate of drug-likeness (QED) is 0.805. The van der Waals surface area contributed by atoms with E-state index in [-0.39, 0.29) is 0 Å². The molecule has 0 radical (unpaired) electrons. The first-order valence-corrected chi connectivity index (χ1v) is 6.09. The third kappa shape index (κ3) is 3.00. The first-order chi connectivity index (χ1) is 7.90. The Hall–Kier alpha value is -1.00. The van der Waals surface area contributed by atoms with Gasteiger partial charge in [0, 0.05) is 37.1 Å². The molecule has 0 bridgehead atoms. The molecule has 0 aliphatic carbocycles. The van der Waals surface area contributed by atoms with Crippen molar-refractivity contribution in [1.29, 1.82) is 0 Å². The van der Waals surface area contributed by atoms with Crippen molar-refractivity contribution >= 4 is 0 Å². The van der Waals surface area contributed by atoms with Gasteiger partial charge in [-0.15, -0.1) is 0 Å². The summed E-state index contributed by atoms with van der Waals surface area (Å²) in [5.74, 6) is 0. The minimum atomic E-state index is 0.717. The lowest BCUT2D eigenvalue weighted by Gasteiger charge is -2.22. The van der Waals surface area contributed by atoms with E-state index >= 15 is 0 Å². The molecule has 4 nitrogen and oxygen atoms in total. The number of aromatic nitrogens is 2. The predicted molar refractivity (Wildman–Crippen MR) is 64.0 cm³/mol. The third-order valence-corrected chi connectivity index (χ3v) is 3.23. The van der Waals surface area contributed by atoms with E-state index in [0.717, 1.165) is 24.7 Å². The van der Waals surface area contributed by atoms with E-state index in [1.165, 1.54) is 25.9 Å². The minimum absolute atomic E-state index is 0.717. The lowest BCUT2D eigenvalue weighted by molar-refractivity contribution is 0.260. The Kier molecular flexibility index (Phi) is 4.25. The summed E-state index contributed by atoms with van der Waals surface area (Å²) in [6.45, 7) is 6.61. The normalized spacial score (nSPS) is 21.4. The molecule has 2 heterocycles. The highest BCUT2D eigenvalue weighted by Crippen LogP contribution is 2.15. The van der Waals surface area contributed by atoms with Crippen LogP contribution in [0.3, 0.4) is 0 Å². The second-order valence-corrected chi connectivity index (χ2v) is 4.30. The van der Waals surface area contributed by atoms with Crippen molar-refractivity contribution in [3.8, 4) is 0 Å². The summed E-state index contributed by atoms with van der Waals surface area (Å²) in [4.78, 5) is 10.6. The maximum Gasteiger partial charge on any atom is 0.115 e. The molecule has 0 amide bonds. The standard InChI is InChI=1S/C12H20N4/c1-2-16-5-3-4-12(16)9-13-6-11-7-14-10-15-8-11/h7-8,10,12-13H,2-6,9H2,1H3. The van der Waals surface area contributed by atoms with Crippen LogP contribution >= 0.6 is 0 Å². The molecule has 1 N–H and O–H groups in total. The third-order valence-electron chi connectivity index (χ3n) is 3.23. The predicted octanol–water partition coefficient (Wildman–Crippen LogP) is 1.05. The van der Waals surface area contributed by atoms with E-state index in [1.54, 1.807) is 6.33 Å². The van der Waals surface area contributed by atoms with Gasteiger partial charge in [0.2, 0.25) is 0 Å². The fourth-order valence-corrected chi connectivity index (χ4v) is 2.35. The van der Waals surface area contributed by atoms with Gasteiger partial charge in [-0.1, -0.05) is 6.92 Å². The Labute approximate surface area is 97.1 Å². The maximum atomic E-state index is 4.00. The summed E-state index contributed by atoms with van der Waals surface area (Å²) < 4.78 is 0. The molecule has 0 saturated carbocycles. The Balaban J connectivity index is 1.72. The van der Waals surface area contributed by atoms with E-state index in [1.807, 2.05) is 12.4 Å². The van der Waals surface area contributed by atoms with Crippen molar-refractivity contribution in [2.45, 2.75) is 32.4 Å². The van der Waals surface area contributed by atoms with Gasteiger partial charge in [0.05, 0.1) is 0 Å². The number of nitrogens with zero attached hydrogens (tertiary/aromatic N) is 3. The summed E-state index contributed by atoms with van der Waals surface area (Å²) in [5.41, 5.74) is 1.16. The highest BCUT2D eigenvalue weighted by molar-refractivity contribution is 5.01. The average molecular weight is 220 g/mol. The van der Waals surface area contributed by atoms with Crippen molar-refractivity contribution < 1.29 is 0 Å². The average Bonchev–Trinajstić information content (AvgIpc) is 2.78. The topological polar surface area (TPSA) is 41.0 Å². The first-order valence-electron chi connectivity index (χ1n) is 6.09. The van der Waals surface area contributed by atoms with Gasteiger partial charge >= 0.3 is 0 Å². The van der Waals surface area contributed by atoms with E-state index in [9.17, 15) is 0 Å². The highest BCUT2D eigenvalue weighted by Gasteiger charge is 2.21. The van der Waals surface area contributed by atoms with Gasteiger partial charge < -0.3 is 5.32 Å². The number of likely N-dealkylation sites (N-methyl/N-ethyl adjacent to an activating group) is 1. The molecule has 1 atom stereocenters. The second-order valence-electron chi connectivity index (χ2n) is 4.30. The fraction of sp³-hybridized carbons (Fsp3) is 0.667. The molecule has 1 unspecified atom stereocenters. The zero-order valence-electron chi connectivity index (χ0n) is 9.89. The fourth-order valence-electron chi connectivity index (χ4n) is 2.35. The number of hydrogen-bond acceptors (Lipinski definition) is 4. The van der Waals surface area contributed by atoms with Crippen LogP contribution in [0, 0.1) is 0 Å². The molecule has 1 aromatic heterocycles. The van der Waals surface area contributed by atoms with Crippen molar-refractivity contribution in [1.82, 2.24) is 20.2 Å². The van der Waals surface area contributed by atoms with Crippen LogP contribution in [0.1, 0.15) is 25.3 Å². The molecule has 88 valence electrons. The molecule has 1 aliphatic rings. The Morgan fingerprint density at radius 3 is 3.00 bits per heavy atom. The zero-order chi connectivity index (χ0) is 11.2. The second kappa shape index (κ2) is 5.92. The number of nitrogens with one attached hydrogen (secondary N) is 1. The van der Waals surface area contributed by atoms with Gasteiger partial charge in [-0.2, -0.15) is 0 Å². The smallest absolute Gasteiger partial charge is 0.115 e. The molecular formula is C12H20N4. The SMILES string of the molecule is CCN1CCCC1CNCc1cncnc1. The van der Waals surface area contributed by atoms with Crippen LogP contribution in [0.4, 0.5) is 0 Å². The van der Waals surface area contributed by atoms with Crippen LogP contribution < -0.4 is 5.32 Å². The monoisotopic (exact) mass is 220 g/mol. The van der Waals surface area contributed by atoms with Crippen LogP contribution in [0.5, 0.6) is 0 Å². The molecular weight excluding hydrogens is 200 g/mol. The minimum Gasteiger partial charge on any atom is -0.311 e. The Bertz CT molecular complexity index is 301. The van der Waals surface area contributed by atoms with Crippen LogP contribution in [-0.4, -0.2) is 40.5 Å². The van der Waals surface area contributed by atoms with Gasteiger partial charge in [-0.3, -0.25) is 4.90 Å². The van der Waals surface area contributed by atoms with Crippen LogP contribution in [-0.2, 0) is 6.54 Å². The lowest BCUT2D eigenvalue weighted by Crippen LogP contribution is -2.37. The molecule has 0 aromatic carbocycles. The maximum absolute atomic E-state index is 4.00. The largest absolute Gasteiger partial charge is 0.311 e. The molecule has 1 fully saturated rings. The van der Waals surface area contributed by atoms with Crippen molar-refractivity contribution in [3.05, 3.63) is 24.3 Å². The Morgan fingerprint density at radius 1 is 1.44 bits per heavy atom. The van der Waals surface area contributed by atoms with Crippen molar-refractivity contribution in [2.24, 2.45) is 0 Å². The summed E-state index contributed by atoms with van der Waals surface area (Å²) in [6.07, 6.45) is 7.97. The van der Waals surface area contributed by atoms with E-state index in [2.05, 4.69) is 27.1 Å². The van der Waals surface area contributed by atoms with Crippen LogP contribution in [0.2, 0.25) is 0 Å². The molecule has 4 heteroatoms. The number of likely N-dealkylation sites (tertiary alicyclic amines) is 1. The van der Waals surface area contributed by atoms with E-state index in [4.69, 9.17) is 0 Å².